The van der Waals surface area contributed by atoms with Gasteiger partial charge >= 0.3 is 12.9 Å². The van der Waals surface area contributed by atoms with Gasteiger partial charge in [0.05, 0.1) is 31.2 Å². The topological polar surface area (TPSA) is 168 Å². The van der Waals surface area contributed by atoms with Gasteiger partial charge in [0, 0.05) is 59.8 Å². The van der Waals surface area contributed by atoms with Gasteiger partial charge in [0.15, 0.2) is 0 Å². The first kappa shape index (κ1) is 48.2. The van der Waals surface area contributed by atoms with E-state index in [1.54, 1.807) is 6.07 Å². The highest BCUT2D eigenvalue weighted by Gasteiger charge is 2.40. The smallest absolute Gasteiger partial charge is 0.314 e. The summed E-state index contributed by atoms with van der Waals surface area (Å²) < 4.78 is 142. The fourth-order valence-electron chi connectivity index (χ4n) is 6.49. The summed E-state index contributed by atoms with van der Waals surface area (Å²) in [5.74, 6) is -6.58. The van der Waals surface area contributed by atoms with E-state index in [0.29, 0.717) is 18.8 Å². The molecule has 0 spiro atoms. The van der Waals surface area contributed by atoms with Crippen LogP contribution in [0, 0.1) is 35.1 Å². The van der Waals surface area contributed by atoms with Crippen LogP contribution in [0.5, 0.6) is 0 Å². The zero-order valence-corrected chi connectivity index (χ0v) is 35.2. The number of anilines is 2. The first-order chi connectivity index (χ1) is 30.4. The van der Waals surface area contributed by atoms with Crippen LogP contribution in [0.15, 0.2) is 93.8 Å². The monoisotopic (exact) mass is 954 g/mol. The SMILES string of the molecule is CS(=O)(=O)N1CC(C(=O)N(Cc2ccc(-c3nnc(C(F)F)o3)cc2F)c2cccc(F)c2)C1.Cl.O=C(C1CNC1)N(Cc1ccc(-c2nnc(C(F)F)o2)cc1F)c1cccc(F)c1. The lowest BCUT2D eigenvalue weighted by molar-refractivity contribution is -0.125. The number of hydrogen-bond acceptors (Lipinski definition) is 11. The molecule has 0 atom stereocenters. The Morgan fingerprint density at radius 2 is 1.11 bits per heavy atom. The van der Waals surface area contributed by atoms with E-state index in [-0.39, 0.29) is 90.1 Å². The van der Waals surface area contributed by atoms with E-state index < -0.39 is 69.7 Å². The Hall–Kier alpha value is -6.30. The number of amides is 2. The van der Waals surface area contributed by atoms with Crippen molar-refractivity contribution >= 4 is 45.6 Å². The van der Waals surface area contributed by atoms with Gasteiger partial charge in [-0.1, -0.05) is 24.3 Å². The van der Waals surface area contributed by atoms with E-state index in [4.69, 9.17) is 8.83 Å². The molecule has 2 amide bonds. The van der Waals surface area contributed by atoms with Crippen LogP contribution in [-0.4, -0.2) is 77.4 Å². The number of aromatic nitrogens is 4. The van der Waals surface area contributed by atoms with Crippen LogP contribution in [0.3, 0.4) is 0 Å². The molecule has 0 bridgehead atoms. The molecule has 14 nitrogen and oxygen atoms in total. The molecule has 24 heteroatoms. The van der Waals surface area contributed by atoms with Gasteiger partial charge in [-0.05, 0) is 60.7 Å². The number of nitrogens with zero attached hydrogens (tertiary/aromatic N) is 7. The number of halogens is 9. The molecule has 0 radical (unpaired) electrons. The van der Waals surface area contributed by atoms with Crippen LogP contribution in [0.25, 0.3) is 22.9 Å². The quantitative estimate of drug-likeness (QED) is 0.114. The van der Waals surface area contributed by atoms with Crippen LogP contribution in [0.1, 0.15) is 35.8 Å². The summed E-state index contributed by atoms with van der Waals surface area (Å²) in [5.41, 5.74) is 0.889. The molecule has 0 aliphatic carbocycles. The van der Waals surface area contributed by atoms with Crippen LogP contribution in [0.2, 0.25) is 0 Å². The van der Waals surface area contributed by atoms with Crippen LogP contribution >= 0.6 is 12.4 Å². The third-order valence-electron chi connectivity index (χ3n) is 10.1. The van der Waals surface area contributed by atoms with Crippen molar-refractivity contribution in [3.63, 3.8) is 0 Å². The number of benzene rings is 4. The molecule has 2 saturated heterocycles. The highest BCUT2D eigenvalue weighted by atomic mass is 35.5. The molecule has 2 aromatic heterocycles. The second kappa shape index (κ2) is 20.3. The van der Waals surface area contributed by atoms with E-state index in [2.05, 4.69) is 25.7 Å². The molecule has 4 aromatic carbocycles. The van der Waals surface area contributed by atoms with Gasteiger partial charge in [-0.25, -0.2) is 30.3 Å². The Balaban J connectivity index is 0.000000214. The maximum Gasteiger partial charge on any atom is 0.314 e. The minimum absolute atomic E-state index is 0. The van der Waals surface area contributed by atoms with Gasteiger partial charge < -0.3 is 24.0 Å². The summed E-state index contributed by atoms with van der Waals surface area (Å²) in [6, 6.07) is 18.3. The predicted molar refractivity (Wildman–Crippen MR) is 218 cm³/mol. The third-order valence-corrected chi connectivity index (χ3v) is 11.3. The predicted octanol–water partition coefficient (Wildman–Crippen LogP) is 7.50. The van der Waals surface area contributed by atoms with Crippen molar-refractivity contribution < 1.29 is 62.0 Å². The summed E-state index contributed by atoms with van der Waals surface area (Å²) in [5, 5.41) is 16.4. The summed E-state index contributed by atoms with van der Waals surface area (Å²) >= 11 is 0. The Kier molecular flexibility index (Phi) is 15.0. The second-order valence-corrected chi connectivity index (χ2v) is 16.5. The Bertz CT molecular complexity index is 2770. The fourth-order valence-corrected chi connectivity index (χ4v) is 7.39. The number of rotatable bonds is 13. The van der Waals surface area contributed by atoms with Gasteiger partial charge in [-0.2, -0.15) is 17.6 Å². The fraction of sp³-hybridized carbons (Fsp3) is 0.268. The summed E-state index contributed by atoms with van der Waals surface area (Å²) in [6.07, 6.45) is -4.87. The van der Waals surface area contributed by atoms with Crippen molar-refractivity contribution in [2.24, 2.45) is 11.8 Å². The molecule has 6 aromatic rings. The Labute approximate surface area is 370 Å². The molecule has 2 fully saturated rings. The number of carbonyl (C=O) groups excluding carboxylic acids is 2. The van der Waals surface area contributed by atoms with E-state index >= 15 is 0 Å². The van der Waals surface area contributed by atoms with Gasteiger partial charge in [-0.3, -0.25) is 9.59 Å². The minimum atomic E-state index is -3.45. The number of hydrogen-bond donors (Lipinski definition) is 1. The molecule has 2 aliphatic heterocycles. The molecule has 2 aliphatic rings. The average molecular weight is 955 g/mol. The van der Waals surface area contributed by atoms with Crippen LogP contribution < -0.4 is 15.1 Å². The highest BCUT2D eigenvalue weighted by Crippen LogP contribution is 2.31. The lowest BCUT2D eigenvalue weighted by Crippen LogP contribution is -2.56. The van der Waals surface area contributed by atoms with E-state index in [1.165, 1.54) is 70.5 Å². The minimum Gasteiger partial charge on any atom is -0.415 e. The lowest BCUT2D eigenvalue weighted by Gasteiger charge is -2.39. The van der Waals surface area contributed by atoms with Crippen molar-refractivity contribution in [1.82, 2.24) is 30.0 Å². The zero-order valence-electron chi connectivity index (χ0n) is 33.6. The highest BCUT2D eigenvalue weighted by molar-refractivity contribution is 7.88. The molecule has 8 rings (SSSR count). The van der Waals surface area contributed by atoms with Crippen molar-refractivity contribution in [3.05, 3.63) is 131 Å². The van der Waals surface area contributed by atoms with Gasteiger partial charge in [-0.15, -0.1) is 32.8 Å². The van der Waals surface area contributed by atoms with Crippen LogP contribution in [0.4, 0.5) is 46.5 Å². The largest absolute Gasteiger partial charge is 0.415 e. The van der Waals surface area contributed by atoms with Crippen molar-refractivity contribution in [1.29, 1.82) is 0 Å². The van der Waals surface area contributed by atoms with Gasteiger partial charge in [0.1, 0.15) is 23.3 Å². The lowest BCUT2D eigenvalue weighted by atomic mass is 10.0. The Morgan fingerprint density at radius 1 is 0.677 bits per heavy atom. The molecule has 65 heavy (non-hydrogen) atoms. The number of nitrogens with one attached hydrogen (secondary N) is 1. The average Bonchev–Trinajstić information content (AvgIpc) is 3.90. The third kappa shape index (κ3) is 11.3. The molecule has 0 saturated carbocycles. The maximum atomic E-state index is 14.9. The van der Waals surface area contributed by atoms with E-state index in [0.717, 1.165) is 28.8 Å². The van der Waals surface area contributed by atoms with Crippen molar-refractivity contribution in [2.75, 3.05) is 42.2 Å². The van der Waals surface area contributed by atoms with Crippen molar-refractivity contribution in [2.45, 2.75) is 25.9 Å². The van der Waals surface area contributed by atoms with Crippen molar-refractivity contribution in [3.8, 4) is 22.9 Å². The molecule has 1 N–H and O–H groups in total. The maximum absolute atomic E-state index is 14.9. The number of carbonyl (C=O) groups is 2. The van der Waals surface area contributed by atoms with Crippen LogP contribution in [-0.2, 0) is 32.7 Å². The zero-order chi connectivity index (χ0) is 45.9. The number of alkyl halides is 4. The standard InChI is InChI=1S/C21H18F4N4O4S.C20H16F4N4O2.ClH/c1-34(31,32)28-9-14(10-28)21(30)29(16-4-2-3-15(22)8-16)11-13-6-5-12(7-17(13)23)19-26-27-20(33-19)18(24)25;21-14-2-1-3-15(7-14)28(20(29)13-8-25-9-13)10-12-5-4-11(6-16(12)22)18-26-27-19(30-18)17(23)24;/h2-8,14,18H,9-11H2,1H3;1-7,13,17,25H,8-10H2;1H. The summed E-state index contributed by atoms with van der Waals surface area (Å²) in [7, 11) is -3.45. The normalized spacial score (nSPS) is 14.3. The molecule has 0 unspecified atom stereocenters. The first-order valence-corrected chi connectivity index (χ1v) is 20.9. The Morgan fingerprint density at radius 3 is 1.45 bits per heavy atom. The first-order valence-electron chi connectivity index (χ1n) is 19.1. The summed E-state index contributed by atoms with van der Waals surface area (Å²) in [6.45, 7) is 0.515. The molecular formula is C41H35ClF8N8O6S. The van der Waals surface area contributed by atoms with E-state index in [9.17, 15) is 53.1 Å². The number of sulfonamides is 1. The molecule has 344 valence electrons. The van der Waals surface area contributed by atoms with Gasteiger partial charge in [0.25, 0.3) is 11.8 Å². The second-order valence-electron chi connectivity index (χ2n) is 14.5. The van der Waals surface area contributed by atoms with Gasteiger partial charge in [0.2, 0.25) is 33.6 Å². The van der Waals surface area contributed by atoms with E-state index in [1.807, 2.05) is 0 Å². The summed E-state index contributed by atoms with van der Waals surface area (Å²) in [4.78, 5) is 28.5. The molecule has 4 heterocycles. The molecular weight excluding hydrogens is 920 g/mol.